The Balaban J connectivity index is 1.99. The lowest BCUT2D eigenvalue weighted by Gasteiger charge is -2.34. The van der Waals surface area contributed by atoms with Gasteiger partial charge in [-0.15, -0.1) is 0 Å². The molecular formula is C17H18N2O3. The highest BCUT2D eigenvalue weighted by atomic mass is 16.4. The smallest absolute Gasteiger partial charge is 0.326 e. The molecule has 1 aromatic heterocycles. The SMILES string of the molecule is Cc1cc(C)c(C(=O)N2Cc3ccccc3C[C@@H]2C(=O)O)[nH]1. The molecule has 2 heterocycles. The maximum Gasteiger partial charge on any atom is 0.326 e. The minimum Gasteiger partial charge on any atom is -0.480 e. The van der Waals surface area contributed by atoms with Gasteiger partial charge in [0.1, 0.15) is 11.7 Å². The largest absolute Gasteiger partial charge is 0.480 e. The number of carbonyl (C=O) groups is 2. The maximum absolute atomic E-state index is 12.8. The lowest BCUT2D eigenvalue weighted by molar-refractivity contribution is -0.142. The lowest BCUT2D eigenvalue weighted by atomic mass is 9.93. The summed E-state index contributed by atoms with van der Waals surface area (Å²) in [4.78, 5) is 28.9. The predicted molar refractivity (Wildman–Crippen MR) is 81.7 cm³/mol. The van der Waals surface area contributed by atoms with E-state index in [-0.39, 0.29) is 5.91 Å². The number of aromatic amines is 1. The monoisotopic (exact) mass is 298 g/mol. The quantitative estimate of drug-likeness (QED) is 0.893. The van der Waals surface area contributed by atoms with Crippen molar-refractivity contribution in [2.75, 3.05) is 0 Å². The van der Waals surface area contributed by atoms with E-state index < -0.39 is 12.0 Å². The number of nitrogens with zero attached hydrogens (tertiary/aromatic N) is 1. The van der Waals surface area contributed by atoms with Gasteiger partial charge in [0.2, 0.25) is 0 Å². The van der Waals surface area contributed by atoms with Gasteiger partial charge >= 0.3 is 5.97 Å². The zero-order valence-corrected chi connectivity index (χ0v) is 12.6. The van der Waals surface area contributed by atoms with Gasteiger partial charge in [0.25, 0.3) is 5.91 Å². The predicted octanol–water partition coefficient (Wildman–Crippen LogP) is 2.28. The first kappa shape index (κ1) is 14.4. The Labute approximate surface area is 128 Å². The highest BCUT2D eigenvalue weighted by Crippen LogP contribution is 2.25. The van der Waals surface area contributed by atoms with E-state index in [9.17, 15) is 14.7 Å². The third-order valence-electron chi connectivity index (χ3n) is 4.16. The molecule has 1 amide bonds. The van der Waals surface area contributed by atoms with Crippen molar-refractivity contribution in [1.29, 1.82) is 0 Å². The molecule has 1 aliphatic heterocycles. The van der Waals surface area contributed by atoms with Crippen LogP contribution in [0.25, 0.3) is 0 Å². The molecule has 3 rings (SSSR count). The molecular weight excluding hydrogens is 280 g/mol. The Morgan fingerprint density at radius 3 is 2.50 bits per heavy atom. The van der Waals surface area contributed by atoms with Gasteiger partial charge in [-0.1, -0.05) is 24.3 Å². The zero-order valence-electron chi connectivity index (χ0n) is 12.6. The van der Waals surface area contributed by atoms with Crippen molar-refractivity contribution < 1.29 is 14.7 Å². The van der Waals surface area contributed by atoms with Crippen LogP contribution in [0.15, 0.2) is 30.3 Å². The molecule has 22 heavy (non-hydrogen) atoms. The van der Waals surface area contributed by atoms with Crippen molar-refractivity contribution in [3.05, 3.63) is 58.4 Å². The number of carboxylic acids is 1. The molecule has 114 valence electrons. The number of hydrogen-bond acceptors (Lipinski definition) is 2. The molecule has 1 aromatic carbocycles. The number of H-pyrrole nitrogens is 1. The number of rotatable bonds is 2. The number of aromatic nitrogens is 1. The second-order valence-corrected chi connectivity index (χ2v) is 5.77. The van der Waals surface area contributed by atoms with Crippen LogP contribution in [0.4, 0.5) is 0 Å². The van der Waals surface area contributed by atoms with Crippen LogP contribution in [-0.4, -0.2) is 32.9 Å². The molecule has 0 spiro atoms. The van der Waals surface area contributed by atoms with Crippen molar-refractivity contribution in [2.24, 2.45) is 0 Å². The summed E-state index contributed by atoms with van der Waals surface area (Å²) in [5.74, 6) is -1.23. The number of amides is 1. The summed E-state index contributed by atoms with van der Waals surface area (Å²) in [5, 5.41) is 9.50. The molecule has 0 saturated carbocycles. The van der Waals surface area contributed by atoms with Crippen LogP contribution in [-0.2, 0) is 17.8 Å². The van der Waals surface area contributed by atoms with E-state index in [4.69, 9.17) is 0 Å². The topological polar surface area (TPSA) is 73.4 Å². The highest BCUT2D eigenvalue weighted by Gasteiger charge is 2.35. The van der Waals surface area contributed by atoms with Crippen LogP contribution in [0, 0.1) is 13.8 Å². The normalized spacial score (nSPS) is 17.2. The van der Waals surface area contributed by atoms with Crippen LogP contribution >= 0.6 is 0 Å². The number of benzene rings is 1. The first-order valence-corrected chi connectivity index (χ1v) is 7.24. The summed E-state index contributed by atoms with van der Waals surface area (Å²) in [5.41, 5.74) is 4.21. The van der Waals surface area contributed by atoms with Gasteiger partial charge in [-0.3, -0.25) is 4.79 Å². The Hall–Kier alpha value is -2.56. The second kappa shape index (κ2) is 5.33. The first-order chi connectivity index (χ1) is 10.5. The molecule has 0 radical (unpaired) electrons. The molecule has 2 N–H and O–H groups in total. The Kier molecular flexibility index (Phi) is 3.48. The van der Waals surface area contributed by atoms with Gasteiger partial charge in [-0.05, 0) is 36.6 Å². The molecule has 1 atom stereocenters. The molecule has 0 saturated heterocycles. The number of aliphatic carboxylic acids is 1. The molecule has 2 aromatic rings. The summed E-state index contributed by atoms with van der Waals surface area (Å²) in [7, 11) is 0. The molecule has 0 bridgehead atoms. The van der Waals surface area contributed by atoms with Gasteiger partial charge in [0.05, 0.1) is 0 Å². The second-order valence-electron chi connectivity index (χ2n) is 5.77. The molecule has 0 unspecified atom stereocenters. The zero-order chi connectivity index (χ0) is 15.9. The van der Waals surface area contributed by atoms with E-state index in [1.54, 1.807) is 0 Å². The van der Waals surface area contributed by atoms with E-state index >= 15 is 0 Å². The number of nitrogens with one attached hydrogen (secondary N) is 1. The summed E-state index contributed by atoms with van der Waals surface area (Å²) in [6.45, 7) is 4.05. The van der Waals surface area contributed by atoms with E-state index in [0.717, 1.165) is 22.4 Å². The first-order valence-electron chi connectivity index (χ1n) is 7.24. The fraction of sp³-hybridized carbons (Fsp3) is 0.294. The summed E-state index contributed by atoms with van der Waals surface area (Å²) >= 11 is 0. The van der Waals surface area contributed by atoms with Crippen LogP contribution in [0.3, 0.4) is 0 Å². The minimum absolute atomic E-state index is 0.257. The van der Waals surface area contributed by atoms with Gasteiger partial charge in [-0.25, -0.2) is 4.79 Å². The lowest BCUT2D eigenvalue weighted by Crippen LogP contribution is -2.48. The van der Waals surface area contributed by atoms with Crippen molar-refractivity contribution in [3.63, 3.8) is 0 Å². The van der Waals surface area contributed by atoms with E-state index in [1.165, 1.54) is 4.90 Å². The summed E-state index contributed by atoms with van der Waals surface area (Å²) in [6, 6.07) is 8.74. The van der Waals surface area contributed by atoms with Crippen molar-refractivity contribution >= 4 is 11.9 Å². The van der Waals surface area contributed by atoms with Gasteiger partial charge in [-0.2, -0.15) is 0 Å². The molecule has 0 aliphatic carbocycles. The number of carboxylic acid groups (broad SMARTS) is 1. The van der Waals surface area contributed by atoms with Gasteiger partial charge in [0, 0.05) is 18.7 Å². The van der Waals surface area contributed by atoms with Crippen LogP contribution in [0.1, 0.15) is 32.9 Å². The third kappa shape index (κ3) is 2.39. The Morgan fingerprint density at radius 2 is 1.91 bits per heavy atom. The van der Waals surface area contributed by atoms with Crippen LogP contribution in [0.2, 0.25) is 0 Å². The molecule has 0 fully saturated rings. The molecule has 5 nitrogen and oxygen atoms in total. The number of carbonyl (C=O) groups excluding carboxylic acids is 1. The number of fused-ring (bicyclic) bond motifs is 1. The van der Waals surface area contributed by atoms with Gasteiger partial charge < -0.3 is 15.0 Å². The standard InChI is InChI=1S/C17H18N2O3/c1-10-7-11(2)18-15(10)16(20)19-9-13-6-4-3-5-12(13)8-14(19)17(21)22/h3-7,14,18H,8-9H2,1-2H3,(H,21,22)/t14-/m1/s1. The molecule has 1 aliphatic rings. The number of hydrogen-bond donors (Lipinski definition) is 2. The van der Waals surface area contributed by atoms with Crippen LogP contribution < -0.4 is 0 Å². The Bertz CT molecular complexity index is 748. The van der Waals surface area contributed by atoms with Crippen molar-refractivity contribution in [2.45, 2.75) is 32.9 Å². The highest BCUT2D eigenvalue weighted by molar-refractivity contribution is 5.96. The van der Waals surface area contributed by atoms with E-state index in [2.05, 4.69) is 4.98 Å². The van der Waals surface area contributed by atoms with Crippen molar-refractivity contribution in [3.8, 4) is 0 Å². The molecule has 5 heteroatoms. The average molecular weight is 298 g/mol. The van der Waals surface area contributed by atoms with E-state index in [1.807, 2.05) is 44.2 Å². The number of aryl methyl sites for hydroxylation is 2. The van der Waals surface area contributed by atoms with Crippen molar-refractivity contribution in [1.82, 2.24) is 9.88 Å². The third-order valence-corrected chi connectivity index (χ3v) is 4.16. The summed E-state index contributed by atoms with van der Waals surface area (Å²) in [6.07, 6.45) is 0.343. The average Bonchev–Trinajstić information content (AvgIpc) is 2.83. The van der Waals surface area contributed by atoms with E-state index in [0.29, 0.717) is 18.7 Å². The fourth-order valence-corrected chi connectivity index (χ4v) is 3.05. The Morgan fingerprint density at radius 1 is 1.23 bits per heavy atom. The van der Waals surface area contributed by atoms with Crippen LogP contribution in [0.5, 0.6) is 0 Å². The fourth-order valence-electron chi connectivity index (χ4n) is 3.05. The summed E-state index contributed by atoms with van der Waals surface area (Å²) < 4.78 is 0. The maximum atomic E-state index is 12.8. The van der Waals surface area contributed by atoms with Gasteiger partial charge in [0.15, 0.2) is 0 Å². The minimum atomic E-state index is -0.969.